The molecule has 0 radical (unpaired) electrons. The first-order chi connectivity index (χ1) is 15.0. The maximum Gasteiger partial charge on any atom is 0.311 e. The van der Waals surface area contributed by atoms with E-state index in [4.69, 9.17) is 9.47 Å². The number of carbonyl (C=O) groups is 3. The first kappa shape index (κ1) is 22.3. The zero-order valence-corrected chi connectivity index (χ0v) is 17.9. The number of amides is 2. The summed E-state index contributed by atoms with van der Waals surface area (Å²) < 4.78 is 10.3. The summed E-state index contributed by atoms with van der Waals surface area (Å²) in [4.78, 5) is 38.4. The van der Waals surface area contributed by atoms with Crippen LogP contribution in [0.1, 0.15) is 30.5 Å². The largest absolute Gasteiger partial charge is 0.497 e. The molecule has 1 aliphatic heterocycles. The van der Waals surface area contributed by atoms with Crippen LogP contribution in [0.4, 0.5) is 0 Å². The van der Waals surface area contributed by atoms with Crippen LogP contribution in [0, 0.1) is 5.92 Å². The van der Waals surface area contributed by atoms with E-state index in [0.29, 0.717) is 19.5 Å². The first-order valence-electron chi connectivity index (χ1n) is 10.4. The van der Waals surface area contributed by atoms with E-state index in [1.807, 2.05) is 61.5 Å². The fraction of sp³-hybridized carbons (Fsp3) is 0.375. The number of nitrogens with zero attached hydrogens (tertiary/aromatic N) is 1. The summed E-state index contributed by atoms with van der Waals surface area (Å²) in [6.45, 7) is 2.33. The van der Waals surface area contributed by atoms with Gasteiger partial charge in [-0.2, -0.15) is 0 Å². The van der Waals surface area contributed by atoms with Gasteiger partial charge < -0.3 is 19.7 Å². The number of benzene rings is 2. The Bertz CT molecular complexity index is 898. The average molecular weight is 424 g/mol. The fourth-order valence-electron chi connectivity index (χ4n) is 3.62. The number of ether oxygens (including phenoxy) is 2. The predicted molar refractivity (Wildman–Crippen MR) is 115 cm³/mol. The topological polar surface area (TPSA) is 84.9 Å². The molecule has 0 bridgehead atoms. The van der Waals surface area contributed by atoms with E-state index in [1.54, 1.807) is 12.0 Å². The average Bonchev–Trinajstić information content (AvgIpc) is 3.19. The van der Waals surface area contributed by atoms with Crippen molar-refractivity contribution < 1.29 is 23.9 Å². The molecule has 1 heterocycles. The Morgan fingerprint density at radius 1 is 1.13 bits per heavy atom. The minimum atomic E-state index is -0.550. The van der Waals surface area contributed by atoms with Crippen LogP contribution in [-0.2, 0) is 25.5 Å². The van der Waals surface area contributed by atoms with Gasteiger partial charge >= 0.3 is 5.97 Å². The van der Waals surface area contributed by atoms with Crippen molar-refractivity contribution in [3.05, 3.63) is 65.7 Å². The summed E-state index contributed by atoms with van der Waals surface area (Å²) in [6.07, 6.45) is 0.766. The SMILES string of the molecule is COc1ccc(CCNC(=O)COC(=O)[C@H]2CC(=O)N([C@@H](C)c3ccccc3)C2)cc1. The van der Waals surface area contributed by atoms with E-state index >= 15 is 0 Å². The quantitative estimate of drug-likeness (QED) is 0.626. The standard InChI is InChI=1S/C24H28N2O5/c1-17(19-6-4-3-5-7-19)26-15-20(14-23(26)28)24(29)31-16-22(27)25-13-12-18-8-10-21(30-2)11-9-18/h3-11,17,20H,12-16H2,1-2H3,(H,25,27)/t17-,20-/m0/s1. The summed E-state index contributed by atoms with van der Waals surface area (Å²) in [7, 11) is 1.61. The highest BCUT2D eigenvalue weighted by Gasteiger charge is 2.38. The monoisotopic (exact) mass is 424 g/mol. The lowest BCUT2D eigenvalue weighted by Gasteiger charge is -2.25. The van der Waals surface area contributed by atoms with Crippen molar-refractivity contribution in [1.29, 1.82) is 0 Å². The third-order valence-electron chi connectivity index (χ3n) is 5.48. The number of carbonyl (C=O) groups excluding carboxylic acids is 3. The lowest BCUT2D eigenvalue weighted by Crippen LogP contribution is -2.32. The minimum absolute atomic E-state index is 0.0813. The molecule has 164 valence electrons. The zero-order valence-electron chi connectivity index (χ0n) is 17.9. The molecule has 7 heteroatoms. The van der Waals surface area contributed by atoms with E-state index in [9.17, 15) is 14.4 Å². The van der Waals surface area contributed by atoms with Crippen molar-refractivity contribution in [2.45, 2.75) is 25.8 Å². The molecule has 2 amide bonds. The Kier molecular flexibility index (Phi) is 7.65. The molecule has 1 N–H and O–H groups in total. The van der Waals surface area contributed by atoms with Gasteiger partial charge in [-0.15, -0.1) is 0 Å². The molecule has 2 aromatic rings. The van der Waals surface area contributed by atoms with Gasteiger partial charge in [0, 0.05) is 19.5 Å². The molecule has 2 atom stereocenters. The fourth-order valence-corrected chi connectivity index (χ4v) is 3.62. The van der Waals surface area contributed by atoms with Crippen molar-refractivity contribution in [3.8, 4) is 5.75 Å². The number of hydrogen-bond donors (Lipinski definition) is 1. The lowest BCUT2D eigenvalue weighted by atomic mass is 10.1. The second-order valence-electron chi connectivity index (χ2n) is 7.59. The molecule has 31 heavy (non-hydrogen) atoms. The number of rotatable bonds is 9. The van der Waals surface area contributed by atoms with Crippen LogP contribution in [0.3, 0.4) is 0 Å². The van der Waals surface area contributed by atoms with Crippen LogP contribution >= 0.6 is 0 Å². The van der Waals surface area contributed by atoms with Gasteiger partial charge in [0.25, 0.3) is 5.91 Å². The molecular weight excluding hydrogens is 396 g/mol. The predicted octanol–water partition coefficient (Wildman–Crippen LogP) is 2.51. The van der Waals surface area contributed by atoms with Crippen LogP contribution in [-0.4, -0.2) is 49.5 Å². The molecule has 1 aliphatic rings. The molecule has 1 saturated heterocycles. The summed E-state index contributed by atoms with van der Waals surface area (Å²) in [5, 5.41) is 2.74. The summed E-state index contributed by atoms with van der Waals surface area (Å²) >= 11 is 0. The van der Waals surface area contributed by atoms with Gasteiger partial charge in [-0.25, -0.2) is 0 Å². The van der Waals surface area contributed by atoms with Crippen molar-refractivity contribution in [1.82, 2.24) is 10.2 Å². The van der Waals surface area contributed by atoms with Gasteiger partial charge in [-0.05, 0) is 36.6 Å². The highest BCUT2D eigenvalue weighted by Crippen LogP contribution is 2.28. The Morgan fingerprint density at radius 2 is 1.84 bits per heavy atom. The number of esters is 1. The van der Waals surface area contributed by atoms with E-state index in [-0.39, 0.29) is 30.9 Å². The Hall–Kier alpha value is -3.35. The van der Waals surface area contributed by atoms with Crippen molar-refractivity contribution in [2.75, 3.05) is 26.8 Å². The van der Waals surface area contributed by atoms with Crippen LogP contribution in [0.25, 0.3) is 0 Å². The maximum absolute atomic E-state index is 12.4. The number of likely N-dealkylation sites (tertiary alicyclic amines) is 1. The third-order valence-corrected chi connectivity index (χ3v) is 5.48. The van der Waals surface area contributed by atoms with E-state index in [1.165, 1.54) is 0 Å². The maximum atomic E-state index is 12.4. The molecule has 3 rings (SSSR count). The molecule has 0 aromatic heterocycles. The van der Waals surface area contributed by atoms with Gasteiger partial charge in [0.2, 0.25) is 5.91 Å². The Balaban J connectivity index is 1.39. The molecule has 2 aromatic carbocycles. The third kappa shape index (κ3) is 6.07. The molecule has 1 fully saturated rings. The first-order valence-corrected chi connectivity index (χ1v) is 10.4. The van der Waals surface area contributed by atoms with Gasteiger partial charge in [-0.3, -0.25) is 14.4 Å². The van der Waals surface area contributed by atoms with Crippen LogP contribution < -0.4 is 10.1 Å². The number of nitrogens with one attached hydrogen (secondary N) is 1. The van der Waals surface area contributed by atoms with Gasteiger partial charge in [0.05, 0.1) is 19.1 Å². The van der Waals surface area contributed by atoms with E-state index in [2.05, 4.69) is 5.32 Å². The van der Waals surface area contributed by atoms with E-state index in [0.717, 1.165) is 16.9 Å². The smallest absolute Gasteiger partial charge is 0.311 e. The van der Waals surface area contributed by atoms with Gasteiger partial charge in [0.15, 0.2) is 6.61 Å². The molecular formula is C24H28N2O5. The molecule has 0 saturated carbocycles. The van der Waals surface area contributed by atoms with Crippen LogP contribution in [0.5, 0.6) is 5.75 Å². The van der Waals surface area contributed by atoms with Crippen molar-refractivity contribution in [3.63, 3.8) is 0 Å². The second kappa shape index (κ2) is 10.6. The molecule has 0 aliphatic carbocycles. The summed E-state index contributed by atoms with van der Waals surface area (Å²) in [5.41, 5.74) is 2.08. The highest BCUT2D eigenvalue weighted by atomic mass is 16.5. The normalized spacial score (nSPS) is 16.6. The van der Waals surface area contributed by atoms with Gasteiger partial charge in [-0.1, -0.05) is 42.5 Å². The molecule has 0 spiro atoms. The number of hydrogen-bond acceptors (Lipinski definition) is 5. The minimum Gasteiger partial charge on any atom is -0.497 e. The van der Waals surface area contributed by atoms with E-state index < -0.39 is 11.9 Å². The highest BCUT2D eigenvalue weighted by molar-refractivity contribution is 5.88. The van der Waals surface area contributed by atoms with Gasteiger partial charge in [0.1, 0.15) is 5.75 Å². The van der Waals surface area contributed by atoms with Crippen LogP contribution in [0.2, 0.25) is 0 Å². The van der Waals surface area contributed by atoms with Crippen molar-refractivity contribution >= 4 is 17.8 Å². The Labute approximate surface area is 182 Å². The lowest BCUT2D eigenvalue weighted by molar-refractivity contribution is -0.152. The summed E-state index contributed by atoms with van der Waals surface area (Å²) in [6, 6.07) is 17.2. The Morgan fingerprint density at radius 3 is 2.52 bits per heavy atom. The molecule has 0 unspecified atom stereocenters. The number of methoxy groups -OCH3 is 1. The van der Waals surface area contributed by atoms with Crippen molar-refractivity contribution in [2.24, 2.45) is 5.92 Å². The van der Waals surface area contributed by atoms with Crippen LogP contribution in [0.15, 0.2) is 54.6 Å². The molecule has 7 nitrogen and oxygen atoms in total. The zero-order chi connectivity index (χ0) is 22.2. The summed E-state index contributed by atoms with van der Waals surface area (Å²) in [5.74, 6) is -0.725. The second-order valence-corrected chi connectivity index (χ2v) is 7.59.